The van der Waals surface area contributed by atoms with Crippen LogP contribution in [0.2, 0.25) is 0 Å². The molecular weight excluding hydrogens is 192 g/mol. The maximum Gasteiger partial charge on any atom is 0.0323 e. The lowest BCUT2D eigenvalue weighted by Crippen LogP contribution is -1.83. The van der Waals surface area contributed by atoms with Crippen LogP contribution in [0.25, 0.3) is 10.8 Å². The molecule has 0 aliphatic heterocycles. The van der Waals surface area contributed by atoms with Crippen LogP contribution in [0.15, 0.2) is 42.5 Å². The number of hydrogen-bond donors (Lipinski definition) is 0. The van der Waals surface area contributed by atoms with Gasteiger partial charge in [-0.2, -0.15) is 0 Å². The predicted octanol–water partition coefficient (Wildman–Crippen LogP) is 4.24. The van der Waals surface area contributed by atoms with Gasteiger partial charge in [0.15, 0.2) is 0 Å². The van der Waals surface area contributed by atoms with E-state index in [0.29, 0.717) is 5.92 Å². The Bertz CT molecular complexity index is 533. The summed E-state index contributed by atoms with van der Waals surface area (Å²) in [6, 6.07) is 14.7. The first-order chi connectivity index (χ1) is 7.77. The summed E-state index contributed by atoms with van der Waals surface area (Å²) in [7, 11) is 0. The van der Waals surface area contributed by atoms with Gasteiger partial charge >= 0.3 is 0 Å². The maximum absolute atomic E-state index is 3.27. The van der Waals surface area contributed by atoms with Crippen molar-refractivity contribution in [1.82, 2.24) is 0 Å². The van der Waals surface area contributed by atoms with Crippen LogP contribution in [-0.2, 0) is 0 Å². The number of benzene rings is 2. The van der Waals surface area contributed by atoms with Crippen LogP contribution in [0.1, 0.15) is 25.8 Å². The molecule has 0 N–H and O–H groups in total. The molecule has 16 heavy (non-hydrogen) atoms. The molecule has 0 saturated heterocycles. The van der Waals surface area contributed by atoms with Gasteiger partial charge in [0.2, 0.25) is 0 Å². The van der Waals surface area contributed by atoms with E-state index in [1.165, 1.54) is 10.8 Å². The van der Waals surface area contributed by atoms with E-state index in [9.17, 15) is 0 Å². The van der Waals surface area contributed by atoms with Crippen molar-refractivity contribution < 1.29 is 0 Å². The molecule has 80 valence electrons. The molecule has 0 unspecified atom stereocenters. The van der Waals surface area contributed by atoms with Crippen molar-refractivity contribution in [1.29, 1.82) is 0 Å². The standard InChI is InChI=1S/C16H16/c1-13(2)7-5-9-15-11-6-10-14-8-3-4-12-16(14)15/h3-4,6,8,10-13H,7H2,1-2H3. The van der Waals surface area contributed by atoms with Gasteiger partial charge in [0.25, 0.3) is 0 Å². The molecule has 0 amide bonds. The first kappa shape index (κ1) is 10.8. The SMILES string of the molecule is CC(C)CC#Cc1cccc2ccccc12. The fourth-order valence-electron chi connectivity index (χ4n) is 1.68. The predicted molar refractivity (Wildman–Crippen MR) is 70.3 cm³/mol. The van der Waals surface area contributed by atoms with Crippen molar-refractivity contribution in [2.45, 2.75) is 20.3 Å². The molecule has 2 aromatic rings. The van der Waals surface area contributed by atoms with E-state index in [1.807, 2.05) is 0 Å². The summed E-state index contributed by atoms with van der Waals surface area (Å²) in [4.78, 5) is 0. The average Bonchev–Trinajstić information content (AvgIpc) is 2.29. The third-order valence-electron chi connectivity index (χ3n) is 2.52. The van der Waals surface area contributed by atoms with Gasteiger partial charge in [-0.05, 0) is 22.8 Å². The molecule has 0 spiro atoms. The van der Waals surface area contributed by atoms with Crippen molar-refractivity contribution in [3.8, 4) is 11.8 Å². The highest BCUT2D eigenvalue weighted by Gasteiger charge is 1.96. The first-order valence-electron chi connectivity index (χ1n) is 5.74. The molecule has 0 heterocycles. The Morgan fingerprint density at radius 2 is 1.75 bits per heavy atom. The Kier molecular flexibility index (Phi) is 3.27. The van der Waals surface area contributed by atoms with E-state index in [4.69, 9.17) is 0 Å². The van der Waals surface area contributed by atoms with E-state index in [0.717, 1.165) is 12.0 Å². The van der Waals surface area contributed by atoms with Crippen LogP contribution >= 0.6 is 0 Å². The van der Waals surface area contributed by atoms with Crippen LogP contribution in [0.5, 0.6) is 0 Å². The van der Waals surface area contributed by atoms with Gasteiger partial charge in [-0.3, -0.25) is 0 Å². The van der Waals surface area contributed by atoms with E-state index < -0.39 is 0 Å². The largest absolute Gasteiger partial charge is 0.0976 e. The molecular formula is C16H16. The quantitative estimate of drug-likeness (QED) is 0.615. The minimum absolute atomic E-state index is 0.641. The topological polar surface area (TPSA) is 0 Å². The Morgan fingerprint density at radius 3 is 2.56 bits per heavy atom. The normalized spacial score (nSPS) is 10.2. The molecule has 0 aliphatic carbocycles. The lowest BCUT2D eigenvalue weighted by Gasteiger charge is -1.99. The fourth-order valence-corrected chi connectivity index (χ4v) is 1.68. The summed E-state index contributed by atoms with van der Waals surface area (Å²) < 4.78 is 0. The van der Waals surface area contributed by atoms with Crippen LogP contribution in [0.3, 0.4) is 0 Å². The lowest BCUT2D eigenvalue weighted by molar-refractivity contribution is 0.676. The second kappa shape index (κ2) is 4.86. The summed E-state index contributed by atoms with van der Waals surface area (Å²) in [6.07, 6.45) is 0.962. The highest BCUT2D eigenvalue weighted by Crippen LogP contribution is 2.17. The first-order valence-corrected chi connectivity index (χ1v) is 5.74. The Hall–Kier alpha value is -1.74. The third-order valence-corrected chi connectivity index (χ3v) is 2.52. The van der Waals surface area contributed by atoms with Gasteiger partial charge in [-0.25, -0.2) is 0 Å². The molecule has 0 atom stereocenters. The van der Waals surface area contributed by atoms with Crippen molar-refractivity contribution >= 4 is 10.8 Å². The van der Waals surface area contributed by atoms with Gasteiger partial charge in [-0.1, -0.05) is 62.1 Å². The van der Waals surface area contributed by atoms with Gasteiger partial charge in [-0.15, -0.1) is 0 Å². The molecule has 2 aromatic carbocycles. The van der Waals surface area contributed by atoms with Crippen molar-refractivity contribution in [2.24, 2.45) is 5.92 Å². The van der Waals surface area contributed by atoms with Crippen molar-refractivity contribution in [3.05, 3.63) is 48.0 Å². The summed E-state index contributed by atoms with van der Waals surface area (Å²) in [5.74, 6) is 7.15. The highest BCUT2D eigenvalue weighted by molar-refractivity contribution is 5.88. The Balaban J connectivity index is 2.40. The second-order valence-electron chi connectivity index (χ2n) is 4.43. The minimum Gasteiger partial charge on any atom is -0.0976 e. The zero-order chi connectivity index (χ0) is 11.4. The number of hydrogen-bond acceptors (Lipinski definition) is 0. The van der Waals surface area contributed by atoms with Crippen molar-refractivity contribution in [3.63, 3.8) is 0 Å². The summed E-state index contributed by atoms with van der Waals surface area (Å²) in [5, 5.41) is 2.51. The molecule has 0 bridgehead atoms. The lowest BCUT2D eigenvalue weighted by atomic mass is 10.0. The second-order valence-corrected chi connectivity index (χ2v) is 4.43. The minimum atomic E-state index is 0.641. The summed E-state index contributed by atoms with van der Waals surface area (Å²) in [6.45, 7) is 4.38. The molecule has 0 fully saturated rings. The van der Waals surface area contributed by atoms with Crippen LogP contribution in [-0.4, -0.2) is 0 Å². The number of rotatable bonds is 1. The van der Waals surface area contributed by atoms with E-state index in [1.54, 1.807) is 0 Å². The Morgan fingerprint density at radius 1 is 1.00 bits per heavy atom. The van der Waals surface area contributed by atoms with Crippen LogP contribution < -0.4 is 0 Å². The van der Waals surface area contributed by atoms with E-state index in [2.05, 4.69) is 68.2 Å². The molecule has 0 heteroatoms. The molecule has 2 rings (SSSR count). The summed E-state index contributed by atoms with van der Waals surface area (Å²) >= 11 is 0. The molecule has 0 aromatic heterocycles. The molecule has 0 radical (unpaired) electrons. The van der Waals surface area contributed by atoms with Gasteiger partial charge in [0, 0.05) is 12.0 Å². The Labute approximate surface area is 97.3 Å². The van der Waals surface area contributed by atoms with Gasteiger partial charge in [0.05, 0.1) is 0 Å². The van der Waals surface area contributed by atoms with Gasteiger partial charge in [0.1, 0.15) is 0 Å². The smallest absolute Gasteiger partial charge is 0.0323 e. The van der Waals surface area contributed by atoms with E-state index in [-0.39, 0.29) is 0 Å². The number of fused-ring (bicyclic) bond motifs is 1. The molecule has 0 aliphatic rings. The third kappa shape index (κ3) is 2.44. The average molecular weight is 208 g/mol. The molecule has 0 saturated carbocycles. The maximum atomic E-state index is 3.27. The van der Waals surface area contributed by atoms with Gasteiger partial charge < -0.3 is 0 Å². The summed E-state index contributed by atoms with van der Waals surface area (Å²) in [5.41, 5.74) is 1.14. The monoisotopic (exact) mass is 208 g/mol. The highest BCUT2D eigenvalue weighted by atomic mass is 14.0. The zero-order valence-electron chi connectivity index (χ0n) is 9.83. The zero-order valence-corrected chi connectivity index (χ0v) is 9.83. The van der Waals surface area contributed by atoms with Crippen LogP contribution in [0.4, 0.5) is 0 Å². The van der Waals surface area contributed by atoms with E-state index >= 15 is 0 Å². The van der Waals surface area contributed by atoms with Crippen LogP contribution in [0, 0.1) is 17.8 Å². The van der Waals surface area contributed by atoms with Crippen molar-refractivity contribution in [2.75, 3.05) is 0 Å². The molecule has 0 nitrogen and oxygen atoms in total. The fraction of sp³-hybridized carbons (Fsp3) is 0.250.